The van der Waals surface area contributed by atoms with Crippen molar-refractivity contribution < 1.29 is 17.6 Å². The van der Waals surface area contributed by atoms with Crippen molar-refractivity contribution in [2.75, 3.05) is 13.6 Å². The molecule has 0 unspecified atom stereocenters. The third kappa shape index (κ3) is 6.73. The number of carbonyl (C=O) groups excluding carboxylic acids is 1. The summed E-state index contributed by atoms with van der Waals surface area (Å²) in [5.41, 5.74) is 2.40. The number of hydrogen-bond acceptors (Lipinski definition) is 3. The molecular weight excluding hydrogens is 427 g/mol. The zero-order valence-corrected chi connectivity index (χ0v) is 18.8. The van der Waals surface area contributed by atoms with Gasteiger partial charge < -0.3 is 4.90 Å². The molecule has 0 saturated carbocycles. The van der Waals surface area contributed by atoms with Crippen LogP contribution in [-0.4, -0.2) is 32.8 Å². The van der Waals surface area contributed by atoms with E-state index in [1.165, 1.54) is 11.0 Å². The molecule has 0 aliphatic carbocycles. The Morgan fingerprint density at radius 2 is 1.50 bits per heavy atom. The minimum absolute atomic E-state index is 0.104. The van der Waals surface area contributed by atoms with Crippen LogP contribution in [0.15, 0.2) is 83.8 Å². The molecule has 7 heteroatoms. The summed E-state index contributed by atoms with van der Waals surface area (Å²) >= 11 is 0. The first kappa shape index (κ1) is 23.6. The molecule has 0 aliphatic heterocycles. The average Bonchev–Trinajstić information content (AvgIpc) is 2.80. The van der Waals surface area contributed by atoms with Crippen molar-refractivity contribution in [3.63, 3.8) is 0 Å². The van der Waals surface area contributed by atoms with Gasteiger partial charge in [0.05, 0.1) is 4.90 Å². The van der Waals surface area contributed by atoms with Gasteiger partial charge in [0.2, 0.25) is 15.9 Å². The van der Waals surface area contributed by atoms with Crippen molar-refractivity contribution in [1.82, 2.24) is 9.62 Å². The number of nitrogens with one attached hydrogen (secondary N) is 1. The van der Waals surface area contributed by atoms with Crippen molar-refractivity contribution in [3.8, 4) is 0 Å². The number of hydrogen-bond donors (Lipinski definition) is 1. The van der Waals surface area contributed by atoms with E-state index >= 15 is 0 Å². The number of carbonyl (C=O) groups is 1. The van der Waals surface area contributed by atoms with Crippen molar-refractivity contribution in [3.05, 3.63) is 101 Å². The van der Waals surface area contributed by atoms with Crippen molar-refractivity contribution >= 4 is 15.9 Å². The summed E-state index contributed by atoms with van der Waals surface area (Å²) in [7, 11) is -1.95. The molecule has 0 saturated heterocycles. The molecule has 0 aromatic heterocycles. The minimum atomic E-state index is -3.59. The van der Waals surface area contributed by atoms with Crippen LogP contribution in [0, 0.1) is 5.82 Å². The zero-order valence-electron chi connectivity index (χ0n) is 18.0. The summed E-state index contributed by atoms with van der Waals surface area (Å²) in [5, 5.41) is 0. The lowest BCUT2D eigenvalue weighted by atomic mass is 10.1. The maximum absolute atomic E-state index is 13.8. The summed E-state index contributed by atoms with van der Waals surface area (Å²) in [6.45, 7) is 0.522. The Balaban J connectivity index is 1.49. The van der Waals surface area contributed by atoms with E-state index in [4.69, 9.17) is 0 Å². The van der Waals surface area contributed by atoms with Crippen LogP contribution in [0.1, 0.15) is 23.1 Å². The fraction of sp³-hybridized carbons (Fsp3) is 0.240. The number of benzene rings is 3. The quantitative estimate of drug-likeness (QED) is 0.505. The van der Waals surface area contributed by atoms with E-state index in [9.17, 15) is 17.6 Å². The third-order valence-electron chi connectivity index (χ3n) is 5.20. The molecule has 3 aromatic rings. The molecule has 0 aliphatic rings. The summed E-state index contributed by atoms with van der Waals surface area (Å²) in [6.07, 6.45) is 1.34. The molecule has 0 radical (unpaired) electrons. The van der Waals surface area contributed by atoms with Gasteiger partial charge >= 0.3 is 0 Å². The van der Waals surface area contributed by atoms with E-state index in [2.05, 4.69) is 4.72 Å². The third-order valence-corrected chi connectivity index (χ3v) is 6.68. The standard InChI is InChI=1S/C25H27FN2O3S/c1-28(19-22-9-5-6-10-24(22)26)25(29)16-13-21-11-14-23(15-12-21)32(30,31)27-18-17-20-7-3-2-4-8-20/h2-12,14-15,27H,13,16-19H2,1H3. The molecule has 0 spiro atoms. The van der Waals surface area contributed by atoms with Crippen molar-refractivity contribution in [2.45, 2.75) is 30.7 Å². The predicted octanol–water partition coefficient (Wildman–Crippen LogP) is 3.94. The van der Waals surface area contributed by atoms with Crippen LogP contribution in [0.25, 0.3) is 0 Å². The van der Waals surface area contributed by atoms with Crippen LogP contribution in [0.3, 0.4) is 0 Å². The fourth-order valence-electron chi connectivity index (χ4n) is 3.31. The van der Waals surface area contributed by atoms with E-state index in [0.717, 1.165) is 11.1 Å². The topological polar surface area (TPSA) is 66.5 Å². The molecule has 0 fully saturated rings. The summed E-state index contributed by atoms with van der Waals surface area (Å²) in [4.78, 5) is 14.1. The summed E-state index contributed by atoms with van der Waals surface area (Å²) in [6, 6.07) is 22.6. The Kier molecular flexibility index (Phi) is 8.14. The SMILES string of the molecule is CN(Cc1ccccc1F)C(=O)CCc1ccc(S(=O)(=O)NCCc2ccccc2)cc1. The number of sulfonamides is 1. The molecule has 0 bridgehead atoms. The number of nitrogens with zero attached hydrogens (tertiary/aromatic N) is 1. The van der Waals surface area contributed by atoms with Crippen LogP contribution in [0.5, 0.6) is 0 Å². The van der Waals surface area contributed by atoms with Crippen molar-refractivity contribution in [1.29, 1.82) is 0 Å². The Morgan fingerprint density at radius 3 is 2.19 bits per heavy atom. The molecule has 5 nitrogen and oxygen atoms in total. The lowest BCUT2D eigenvalue weighted by molar-refractivity contribution is -0.130. The molecule has 1 N–H and O–H groups in total. The highest BCUT2D eigenvalue weighted by Crippen LogP contribution is 2.14. The van der Waals surface area contributed by atoms with Gasteiger partial charge in [-0.15, -0.1) is 0 Å². The number of aryl methyl sites for hydroxylation is 1. The van der Waals surface area contributed by atoms with E-state index in [1.54, 1.807) is 49.5 Å². The maximum Gasteiger partial charge on any atom is 0.240 e. The van der Waals surface area contributed by atoms with E-state index < -0.39 is 10.0 Å². The second kappa shape index (κ2) is 11.0. The minimum Gasteiger partial charge on any atom is -0.341 e. The first-order valence-electron chi connectivity index (χ1n) is 10.4. The Labute approximate surface area is 188 Å². The molecule has 0 atom stereocenters. The highest BCUT2D eigenvalue weighted by atomic mass is 32.2. The maximum atomic E-state index is 13.8. The van der Waals surface area contributed by atoms with Gasteiger partial charge in [-0.05, 0) is 42.2 Å². The molecule has 0 heterocycles. The largest absolute Gasteiger partial charge is 0.341 e. The lowest BCUT2D eigenvalue weighted by Gasteiger charge is -2.17. The van der Waals surface area contributed by atoms with Crippen molar-refractivity contribution in [2.24, 2.45) is 0 Å². The van der Waals surface area contributed by atoms with Gasteiger partial charge in [-0.3, -0.25) is 4.79 Å². The smallest absolute Gasteiger partial charge is 0.240 e. The molecule has 3 aromatic carbocycles. The highest BCUT2D eigenvalue weighted by molar-refractivity contribution is 7.89. The first-order chi connectivity index (χ1) is 15.3. The molecule has 1 amide bonds. The van der Waals surface area contributed by atoms with E-state index in [0.29, 0.717) is 24.9 Å². The van der Waals surface area contributed by atoms with Crippen LogP contribution < -0.4 is 4.72 Å². The number of halogens is 1. The molecule has 168 valence electrons. The van der Waals surface area contributed by atoms with Gasteiger partial charge in [0.1, 0.15) is 5.82 Å². The van der Waals surface area contributed by atoms with Crippen LogP contribution in [-0.2, 0) is 34.2 Å². The highest BCUT2D eigenvalue weighted by Gasteiger charge is 2.14. The number of rotatable bonds is 10. The first-order valence-corrected chi connectivity index (χ1v) is 11.9. The monoisotopic (exact) mass is 454 g/mol. The lowest BCUT2D eigenvalue weighted by Crippen LogP contribution is -2.27. The Bertz CT molecular complexity index is 1130. The Hall–Kier alpha value is -3.03. The van der Waals surface area contributed by atoms with E-state index in [1.807, 2.05) is 30.3 Å². The Morgan fingerprint density at radius 1 is 0.875 bits per heavy atom. The van der Waals surface area contributed by atoms with Gasteiger partial charge in [-0.2, -0.15) is 0 Å². The van der Waals surface area contributed by atoms with E-state index in [-0.39, 0.29) is 29.6 Å². The predicted molar refractivity (Wildman–Crippen MR) is 123 cm³/mol. The second-order valence-electron chi connectivity index (χ2n) is 7.62. The van der Waals surface area contributed by atoms with Crippen LogP contribution >= 0.6 is 0 Å². The molecule has 3 rings (SSSR count). The number of amides is 1. The second-order valence-corrected chi connectivity index (χ2v) is 9.39. The van der Waals surface area contributed by atoms with Gasteiger partial charge in [0.25, 0.3) is 0 Å². The zero-order chi connectivity index (χ0) is 23.0. The van der Waals surface area contributed by atoms with Gasteiger partial charge in [0.15, 0.2) is 0 Å². The van der Waals surface area contributed by atoms with Crippen LogP contribution in [0.4, 0.5) is 4.39 Å². The van der Waals surface area contributed by atoms with Gasteiger partial charge in [-0.1, -0.05) is 60.7 Å². The van der Waals surface area contributed by atoms with Gasteiger partial charge in [-0.25, -0.2) is 17.5 Å². The van der Waals surface area contributed by atoms with Gasteiger partial charge in [0, 0.05) is 32.1 Å². The normalized spacial score (nSPS) is 11.3. The van der Waals surface area contributed by atoms with Crippen LogP contribution in [0.2, 0.25) is 0 Å². The summed E-state index contributed by atoms with van der Waals surface area (Å²) < 4.78 is 41.4. The molecular formula is C25H27FN2O3S. The summed E-state index contributed by atoms with van der Waals surface area (Å²) in [5.74, 6) is -0.436. The molecule has 32 heavy (non-hydrogen) atoms. The fourth-order valence-corrected chi connectivity index (χ4v) is 4.34. The average molecular weight is 455 g/mol.